The molecular formula is C15H24S2. The maximum absolute atomic E-state index is 4.47. The fourth-order valence-electron chi connectivity index (χ4n) is 1.70. The molecule has 96 valence electrons. The Morgan fingerprint density at radius 3 is 2.53 bits per heavy atom. The Morgan fingerprint density at radius 2 is 2.00 bits per heavy atom. The Bertz CT molecular complexity index is 339. The van der Waals surface area contributed by atoms with Crippen LogP contribution >= 0.6 is 24.4 Å². The minimum Gasteiger partial charge on any atom is -0.179 e. The standard InChI is InChI=1S/C15H24S2/c1-12-6-5-7-13(8-12)10-17-11-14(9-16)15(2,3)4/h5-8,14,16H,9-11H2,1-4H3. The molecule has 1 aromatic carbocycles. The van der Waals surface area contributed by atoms with Crippen LogP contribution in [0.15, 0.2) is 24.3 Å². The molecule has 2 heteroatoms. The van der Waals surface area contributed by atoms with Gasteiger partial charge in [-0.1, -0.05) is 50.6 Å². The van der Waals surface area contributed by atoms with Gasteiger partial charge in [0, 0.05) is 5.75 Å². The number of hydrogen-bond acceptors (Lipinski definition) is 2. The first-order valence-corrected chi connectivity index (χ1v) is 7.96. The molecule has 0 aromatic heterocycles. The van der Waals surface area contributed by atoms with Gasteiger partial charge in [-0.25, -0.2) is 0 Å². The third-order valence-corrected chi connectivity index (χ3v) is 4.73. The highest BCUT2D eigenvalue weighted by molar-refractivity contribution is 7.98. The van der Waals surface area contributed by atoms with Gasteiger partial charge in [-0.3, -0.25) is 0 Å². The summed E-state index contributed by atoms with van der Waals surface area (Å²) < 4.78 is 0. The summed E-state index contributed by atoms with van der Waals surface area (Å²) in [5, 5.41) is 0. The molecule has 0 saturated carbocycles. The van der Waals surface area contributed by atoms with Crippen LogP contribution in [0.2, 0.25) is 0 Å². The number of thioether (sulfide) groups is 1. The smallest absolute Gasteiger partial charge is 0.0184 e. The fraction of sp³-hybridized carbons (Fsp3) is 0.600. The highest BCUT2D eigenvalue weighted by Crippen LogP contribution is 2.30. The molecule has 0 aliphatic carbocycles. The van der Waals surface area contributed by atoms with Crippen molar-refractivity contribution in [2.24, 2.45) is 11.3 Å². The Morgan fingerprint density at radius 1 is 1.29 bits per heavy atom. The van der Waals surface area contributed by atoms with E-state index in [0.717, 1.165) is 11.5 Å². The minimum atomic E-state index is 0.362. The summed E-state index contributed by atoms with van der Waals surface area (Å²) in [6.07, 6.45) is 0. The molecule has 1 atom stereocenters. The van der Waals surface area contributed by atoms with Crippen molar-refractivity contribution in [1.82, 2.24) is 0 Å². The van der Waals surface area contributed by atoms with Crippen LogP contribution in [0.25, 0.3) is 0 Å². The van der Waals surface area contributed by atoms with Gasteiger partial charge >= 0.3 is 0 Å². The van der Waals surface area contributed by atoms with E-state index in [-0.39, 0.29) is 0 Å². The largest absolute Gasteiger partial charge is 0.179 e. The van der Waals surface area contributed by atoms with Crippen LogP contribution in [-0.4, -0.2) is 11.5 Å². The monoisotopic (exact) mass is 268 g/mol. The van der Waals surface area contributed by atoms with Crippen LogP contribution in [0.4, 0.5) is 0 Å². The first-order valence-electron chi connectivity index (χ1n) is 6.17. The molecular weight excluding hydrogens is 244 g/mol. The molecule has 0 nitrogen and oxygen atoms in total. The average Bonchev–Trinajstić information content (AvgIpc) is 2.22. The second-order valence-corrected chi connectivity index (χ2v) is 7.15. The lowest BCUT2D eigenvalue weighted by Gasteiger charge is -2.29. The lowest BCUT2D eigenvalue weighted by molar-refractivity contribution is 0.294. The van der Waals surface area contributed by atoms with E-state index in [1.807, 2.05) is 11.8 Å². The van der Waals surface area contributed by atoms with E-state index in [1.54, 1.807) is 0 Å². The summed E-state index contributed by atoms with van der Waals surface area (Å²) >= 11 is 6.50. The first-order chi connectivity index (χ1) is 7.93. The minimum absolute atomic E-state index is 0.362. The predicted octanol–water partition coefficient (Wildman–Crippen LogP) is 4.82. The number of thiol groups is 1. The SMILES string of the molecule is Cc1cccc(CSCC(CS)C(C)(C)C)c1. The molecule has 0 aliphatic heterocycles. The van der Waals surface area contributed by atoms with Gasteiger partial charge in [0.25, 0.3) is 0 Å². The van der Waals surface area contributed by atoms with E-state index in [2.05, 4.69) is 64.6 Å². The van der Waals surface area contributed by atoms with Crippen molar-refractivity contribution < 1.29 is 0 Å². The van der Waals surface area contributed by atoms with Gasteiger partial charge in [-0.2, -0.15) is 24.4 Å². The second-order valence-electron chi connectivity index (χ2n) is 5.75. The Labute approximate surface area is 116 Å². The summed E-state index contributed by atoms with van der Waals surface area (Å²) in [6.45, 7) is 9.07. The van der Waals surface area contributed by atoms with Crippen LogP contribution in [0.3, 0.4) is 0 Å². The van der Waals surface area contributed by atoms with Crippen molar-refractivity contribution in [3.63, 3.8) is 0 Å². The van der Waals surface area contributed by atoms with Crippen LogP contribution in [0.5, 0.6) is 0 Å². The zero-order valence-corrected chi connectivity index (χ0v) is 13.1. The molecule has 0 spiro atoms. The third-order valence-electron chi connectivity index (χ3n) is 3.12. The lowest BCUT2D eigenvalue weighted by Crippen LogP contribution is -2.24. The summed E-state index contributed by atoms with van der Waals surface area (Å²) in [5.74, 6) is 3.97. The van der Waals surface area contributed by atoms with Crippen LogP contribution < -0.4 is 0 Å². The average molecular weight is 268 g/mol. The summed E-state index contributed by atoms with van der Waals surface area (Å²) in [6, 6.07) is 8.79. The van der Waals surface area contributed by atoms with E-state index in [4.69, 9.17) is 0 Å². The highest BCUT2D eigenvalue weighted by Gasteiger charge is 2.22. The third kappa shape index (κ3) is 5.39. The van der Waals surface area contributed by atoms with Crippen LogP contribution in [0, 0.1) is 18.3 Å². The summed E-state index contributed by atoms with van der Waals surface area (Å²) in [7, 11) is 0. The Hall–Kier alpha value is -0.0800. The fourth-order valence-corrected chi connectivity index (χ4v) is 3.98. The van der Waals surface area contributed by atoms with Crippen LogP contribution in [-0.2, 0) is 5.75 Å². The lowest BCUT2D eigenvalue weighted by atomic mass is 9.83. The van der Waals surface area contributed by atoms with Crippen molar-refractivity contribution in [2.45, 2.75) is 33.4 Å². The van der Waals surface area contributed by atoms with Crippen LogP contribution in [0.1, 0.15) is 31.9 Å². The quantitative estimate of drug-likeness (QED) is 0.747. The van der Waals surface area contributed by atoms with Gasteiger partial charge in [0.2, 0.25) is 0 Å². The molecule has 1 unspecified atom stereocenters. The molecule has 0 saturated heterocycles. The topological polar surface area (TPSA) is 0 Å². The normalized spacial score (nSPS) is 13.7. The first kappa shape index (κ1) is 15.0. The van der Waals surface area contributed by atoms with E-state index >= 15 is 0 Å². The molecule has 0 N–H and O–H groups in total. The zero-order valence-electron chi connectivity index (χ0n) is 11.4. The van der Waals surface area contributed by atoms with Crippen molar-refractivity contribution in [1.29, 1.82) is 0 Å². The molecule has 0 amide bonds. The highest BCUT2D eigenvalue weighted by atomic mass is 32.2. The van der Waals surface area contributed by atoms with E-state index in [0.29, 0.717) is 11.3 Å². The molecule has 1 rings (SSSR count). The summed E-state index contributed by atoms with van der Waals surface area (Å²) in [4.78, 5) is 0. The van der Waals surface area contributed by atoms with Crippen molar-refractivity contribution in [3.8, 4) is 0 Å². The van der Waals surface area contributed by atoms with Crippen molar-refractivity contribution >= 4 is 24.4 Å². The predicted molar refractivity (Wildman–Crippen MR) is 84.1 cm³/mol. The van der Waals surface area contributed by atoms with Gasteiger partial charge in [-0.15, -0.1) is 0 Å². The van der Waals surface area contributed by atoms with Gasteiger partial charge < -0.3 is 0 Å². The number of rotatable bonds is 5. The second kappa shape index (κ2) is 6.75. The van der Waals surface area contributed by atoms with Crippen molar-refractivity contribution in [2.75, 3.05) is 11.5 Å². The molecule has 1 aromatic rings. The number of benzene rings is 1. The van der Waals surface area contributed by atoms with Gasteiger partial charge in [0.1, 0.15) is 0 Å². The van der Waals surface area contributed by atoms with Gasteiger partial charge in [0.15, 0.2) is 0 Å². The maximum atomic E-state index is 4.47. The van der Waals surface area contributed by atoms with Crippen molar-refractivity contribution in [3.05, 3.63) is 35.4 Å². The van der Waals surface area contributed by atoms with Gasteiger partial charge in [-0.05, 0) is 35.3 Å². The number of hydrogen-bond donors (Lipinski definition) is 1. The molecule has 17 heavy (non-hydrogen) atoms. The molecule has 0 heterocycles. The van der Waals surface area contributed by atoms with E-state index < -0.39 is 0 Å². The molecule has 0 bridgehead atoms. The molecule has 0 fully saturated rings. The molecule has 0 radical (unpaired) electrons. The van der Waals surface area contributed by atoms with E-state index in [9.17, 15) is 0 Å². The Balaban J connectivity index is 2.42. The van der Waals surface area contributed by atoms with E-state index in [1.165, 1.54) is 16.9 Å². The molecule has 0 aliphatic rings. The zero-order chi connectivity index (χ0) is 12.9. The van der Waals surface area contributed by atoms with Gasteiger partial charge in [0.05, 0.1) is 0 Å². The Kier molecular flexibility index (Phi) is 5.94. The summed E-state index contributed by atoms with van der Waals surface area (Å²) in [5.41, 5.74) is 3.15. The maximum Gasteiger partial charge on any atom is 0.0184 e. The number of aryl methyl sites for hydroxylation is 1.